The van der Waals surface area contributed by atoms with Crippen LogP contribution in [0.5, 0.6) is 5.75 Å². The molecule has 0 aliphatic rings. The molecule has 1 N–H and O–H groups in total. The number of aliphatic hydroxyl groups excluding tert-OH is 1. The van der Waals surface area contributed by atoms with E-state index in [4.69, 9.17) is 16.3 Å². The first kappa shape index (κ1) is 14.8. The summed E-state index contributed by atoms with van der Waals surface area (Å²) in [5.74, 6) is 0.124. The van der Waals surface area contributed by atoms with E-state index in [0.29, 0.717) is 21.9 Å². The number of rotatable bonds is 4. The summed E-state index contributed by atoms with van der Waals surface area (Å²) >= 11 is 6.00. The van der Waals surface area contributed by atoms with Gasteiger partial charge in [0.05, 0.1) is 11.6 Å². The summed E-state index contributed by atoms with van der Waals surface area (Å²) in [6, 6.07) is 15.9. The Morgan fingerprint density at radius 3 is 2.55 bits per heavy atom. The molecule has 0 amide bonds. The van der Waals surface area contributed by atoms with Crippen molar-refractivity contribution < 1.29 is 14.2 Å². The highest BCUT2D eigenvalue weighted by Gasteiger charge is 2.11. The van der Waals surface area contributed by atoms with Gasteiger partial charge in [-0.1, -0.05) is 48.0 Å². The van der Waals surface area contributed by atoms with E-state index in [1.165, 1.54) is 6.07 Å². The molecule has 0 aromatic heterocycles. The summed E-state index contributed by atoms with van der Waals surface area (Å²) in [5.41, 5.74) is 0.992. The monoisotopic (exact) mass is 316 g/mol. The van der Waals surface area contributed by atoms with Crippen LogP contribution in [0.3, 0.4) is 0 Å². The summed E-state index contributed by atoms with van der Waals surface area (Å²) in [4.78, 5) is 0. The number of hydrogen-bond acceptors (Lipinski definition) is 2. The molecule has 22 heavy (non-hydrogen) atoms. The SMILES string of the molecule is OCc1c(OCc2c(F)cccc2Cl)ccc2ccccc12. The fourth-order valence-electron chi connectivity index (χ4n) is 2.43. The van der Waals surface area contributed by atoms with Crippen molar-refractivity contribution >= 4 is 22.4 Å². The third kappa shape index (κ3) is 2.78. The zero-order valence-electron chi connectivity index (χ0n) is 11.7. The van der Waals surface area contributed by atoms with Crippen molar-refractivity contribution in [3.05, 3.63) is 76.6 Å². The maximum Gasteiger partial charge on any atom is 0.131 e. The largest absolute Gasteiger partial charge is 0.488 e. The molecule has 3 aromatic carbocycles. The molecule has 0 fully saturated rings. The Morgan fingerprint density at radius 2 is 1.77 bits per heavy atom. The molecular weight excluding hydrogens is 303 g/mol. The van der Waals surface area contributed by atoms with E-state index in [2.05, 4.69) is 0 Å². The Hall–Kier alpha value is -2.10. The number of aliphatic hydroxyl groups is 1. The van der Waals surface area contributed by atoms with E-state index in [1.807, 2.05) is 30.3 Å². The first-order chi connectivity index (χ1) is 10.7. The van der Waals surface area contributed by atoms with E-state index in [9.17, 15) is 9.50 Å². The van der Waals surface area contributed by atoms with E-state index < -0.39 is 5.82 Å². The van der Waals surface area contributed by atoms with Gasteiger partial charge in [-0.3, -0.25) is 0 Å². The lowest BCUT2D eigenvalue weighted by Gasteiger charge is -2.13. The van der Waals surface area contributed by atoms with E-state index in [0.717, 1.165) is 10.8 Å². The van der Waals surface area contributed by atoms with E-state index >= 15 is 0 Å². The quantitative estimate of drug-likeness (QED) is 0.755. The topological polar surface area (TPSA) is 29.5 Å². The summed E-state index contributed by atoms with van der Waals surface area (Å²) in [6.45, 7) is -0.140. The van der Waals surface area contributed by atoms with Crippen LogP contribution in [-0.2, 0) is 13.2 Å². The standard InChI is InChI=1S/C18H14ClFO2/c19-16-6-3-7-17(20)15(16)11-22-18-9-8-12-4-1-2-5-13(12)14(18)10-21/h1-9,21H,10-11H2. The lowest BCUT2D eigenvalue weighted by Crippen LogP contribution is -2.02. The van der Waals surface area contributed by atoms with Gasteiger partial charge in [-0.05, 0) is 29.0 Å². The first-order valence-electron chi connectivity index (χ1n) is 6.88. The van der Waals surface area contributed by atoms with Crippen LogP contribution in [0.4, 0.5) is 4.39 Å². The maximum atomic E-state index is 13.8. The zero-order chi connectivity index (χ0) is 15.5. The first-order valence-corrected chi connectivity index (χ1v) is 7.25. The molecule has 0 radical (unpaired) electrons. The Kier molecular flexibility index (Phi) is 4.27. The lowest BCUT2D eigenvalue weighted by molar-refractivity contribution is 0.259. The average molecular weight is 317 g/mol. The molecule has 2 nitrogen and oxygen atoms in total. The minimum atomic E-state index is -0.404. The van der Waals surface area contributed by atoms with Gasteiger partial charge in [-0.25, -0.2) is 4.39 Å². The van der Waals surface area contributed by atoms with Crippen molar-refractivity contribution in [1.29, 1.82) is 0 Å². The number of hydrogen-bond donors (Lipinski definition) is 1. The van der Waals surface area contributed by atoms with Crippen LogP contribution < -0.4 is 4.74 Å². The molecule has 3 aromatic rings. The fourth-order valence-corrected chi connectivity index (χ4v) is 2.65. The Bertz CT molecular complexity index is 797. The summed E-state index contributed by atoms with van der Waals surface area (Å²) in [7, 11) is 0. The molecule has 112 valence electrons. The smallest absolute Gasteiger partial charge is 0.131 e. The molecule has 4 heteroatoms. The van der Waals surface area contributed by atoms with Crippen molar-refractivity contribution in [2.75, 3.05) is 0 Å². The van der Waals surface area contributed by atoms with Crippen LogP contribution in [-0.4, -0.2) is 5.11 Å². The van der Waals surface area contributed by atoms with Gasteiger partial charge in [-0.15, -0.1) is 0 Å². The van der Waals surface area contributed by atoms with Crippen LogP contribution in [0.15, 0.2) is 54.6 Å². The van der Waals surface area contributed by atoms with Gasteiger partial charge >= 0.3 is 0 Å². The molecule has 0 aliphatic carbocycles. The van der Waals surface area contributed by atoms with Crippen LogP contribution in [0.2, 0.25) is 5.02 Å². The number of fused-ring (bicyclic) bond motifs is 1. The van der Waals surface area contributed by atoms with Crippen LogP contribution >= 0.6 is 11.6 Å². The molecule has 0 atom stereocenters. The van der Waals surface area contributed by atoms with E-state index in [-0.39, 0.29) is 13.2 Å². The second-order valence-electron chi connectivity index (χ2n) is 4.91. The minimum Gasteiger partial charge on any atom is -0.488 e. The van der Waals surface area contributed by atoms with Crippen LogP contribution in [0.25, 0.3) is 10.8 Å². The van der Waals surface area contributed by atoms with Gasteiger partial charge in [0, 0.05) is 11.1 Å². The van der Waals surface area contributed by atoms with Gasteiger partial charge < -0.3 is 9.84 Å². The molecule has 0 aliphatic heterocycles. The minimum absolute atomic E-state index is 0.0108. The zero-order valence-corrected chi connectivity index (χ0v) is 12.5. The van der Waals surface area contributed by atoms with Crippen LogP contribution in [0, 0.1) is 5.82 Å². The van der Waals surface area contributed by atoms with Crippen molar-refractivity contribution in [1.82, 2.24) is 0 Å². The molecule has 0 saturated carbocycles. The number of ether oxygens (including phenoxy) is 1. The maximum absolute atomic E-state index is 13.8. The number of halogens is 2. The molecule has 0 spiro atoms. The van der Waals surface area contributed by atoms with Crippen molar-refractivity contribution in [2.24, 2.45) is 0 Å². The summed E-state index contributed by atoms with van der Waals surface area (Å²) < 4.78 is 19.5. The van der Waals surface area contributed by atoms with Crippen molar-refractivity contribution in [2.45, 2.75) is 13.2 Å². The Morgan fingerprint density at radius 1 is 0.955 bits per heavy atom. The third-order valence-electron chi connectivity index (χ3n) is 3.59. The summed E-state index contributed by atoms with van der Waals surface area (Å²) in [5, 5.41) is 11.9. The molecule has 0 saturated heterocycles. The van der Waals surface area contributed by atoms with Crippen molar-refractivity contribution in [3.8, 4) is 5.75 Å². The predicted octanol–water partition coefficient (Wildman–Crippen LogP) is 4.70. The molecule has 3 rings (SSSR count). The lowest BCUT2D eigenvalue weighted by atomic mass is 10.0. The molecular formula is C18H14ClFO2. The van der Waals surface area contributed by atoms with Gasteiger partial charge in [-0.2, -0.15) is 0 Å². The molecule has 0 heterocycles. The highest BCUT2D eigenvalue weighted by atomic mass is 35.5. The number of benzene rings is 3. The van der Waals surface area contributed by atoms with Gasteiger partial charge in [0.1, 0.15) is 18.2 Å². The summed E-state index contributed by atoms with van der Waals surface area (Å²) in [6.07, 6.45) is 0. The van der Waals surface area contributed by atoms with E-state index in [1.54, 1.807) is 18.2 Å². The molecule has 0 bridgehead atoms. The second-order valence-corrected chi connectivity index (χ2v) is 5.32. The molecule has 0 unspecified atom stereocenters. The Labute approximate surface area is 132 Å². The second kappa shape index (κ2) is 6.34. The highest BCUT2D eigenvalue weighted by Crippen LogP contribution is 2.29. The average Bonchev–Trinajstić information content (AvgIpc) is 2.54. The predicted molar refractivity (Wildman–Crippen MR) is 85.6 cm³/mol. The van der Waals surface area contributed by atoms with Crippen molar-refractivity contribution in [3.63, 3.8) is 0 Å². The van der Waals surface area contributed by atoms with Gasteiger partial charge in [0.25, 0.3) is 0 Å². The normalized spacial score (nSPS) is 10.9. The third-order valence-corrected chi connectivity index (χ3v) is 3.94. The highest BCUT2D eigenvalue weighted by molar-refractivity contribution is 6.31. The van der Waals surface area contributed by atoms with Gasteiger partial charge in [0.2, 0.25) is 0 Å². The van der Waals surface area contributed by atoms with Gasteiger partial charge in [0.15, 0.2) is 0 Å². The van der Waals surface area contributed by atoms with Crippen LogP contribution in [0.1, 0.15) is 11.1 Å². The Balaban J connectivity index is 1.94. The fraction of sp³-hybridized carbons (Fsp3) is 0.111.